The molecule has 1 aromatic heterocycles. The van der Waals surface area contributed by atoms with Crippen molar-refractivity contribution >= 4 is 0 Å². The maximum absolute atomic E-state index is 14.0. The topological polar surface area (TPSA) is 61.8 Å². The summed E-state index contributed by atoms with van der Waals surface area (Å²) in [5.41, 5.74) is -1.21. The minimum Gasteiger partial charge on any atom is -0.387 e. The number of nitriles is 1. The van der Waals surface area contributed by atoms with E-state index in [-0.39, 0.29) is 23.9 Å². The highest BCUT2D eigenvalue weighted by molar-refractivity contribution is 5.24. The summed E-state index contributed by atoms with van der Waals surface area (Å²) in [6, 6.07) is 5.98. The van der Waals surface area contributed by atoms with Crippen molar-refractivity contribution in [3.8, 4) is 6.07 Å². The third-order valence-electron chi connectivity index (χ3n) is 4.90. The van der Waals surface area contributed by atoms with Crippen LogP contribution in [-0.4, -0.2) is 20.3 Å². The Morgan fingerprint density at radius 3 is 2.83 bits per heavy atom. The molecule has 120 valence electrons. The van der Waals surface area contributed by atoms with E-state index in [4.69, 9.17) is 5.26 Å². The first-order valence-electron chi connectivity index (χ1n) is 7.44. The summed E-state index contributed by atoms with van der Waals surface area (Å²) in [6.07, 6.45) is 4.47. The van der Waals surface area contributed by atoms with Crippen LogP contribution in [0.1, 0.15) is 31.0 Å². The maximum Gasteiger partial charge on any atom is 0.162 e. The molecule has 1 unspecified atom stereocenters. The summed E-state index contributed by atoms with van der Waals surface area (Å²) in [7, 11) is 0. The number of imidazole rings is 1. The predicted octanol–water partition coefficient (Wildman–Crippen LogP) is 2.81. The molecule has 1 aliphatic carbocycles. The summed E-state index contributed by atoms with van der Waals surface area (Å²) in [4.78, 5) is 3.91. The van der Waals surface area contributed by atoms with Gasteiger partial charge < -0.3 is 9.67 Å². The fourth-order valence-electron chi connectivity index (χ4n) is 2.93. The Kier molecular flexibility index (Phi) is 3.69. The van der Waals surface area contributed by atoms with E-state index in [1.165, 1.54) is 24.7 Å². The van der Waals surface area contributed by atoms with Crippen molar-refractivity contribution in [2.24, 2.45) is 5.41 Å². The second-order valence-electron chi connectivity index (χ2n) is 6.50. The number of halogens is 2. The van der Waals surface area contributed by atoms with Crippen LogP contribution in [-0.2, 0) is 13.0 Å². The van der Waals surface area contributed by atoms with Crippen LogP contribution in [0.3, 0.4) is 0 Å². The molecule has 6 heteroatoms. The zero-order chi connectivity index (χ0) is 16.7. The van der Waals surface area contributed by atoms with E-state index in [2.05, 4.69) is 4.98 Å². The lowest BCUT2D eigenvalue weighted by Crippen LogP contribution is -2.45. The van der Waals surface area contributed by atoms with Crippen molar-refractivity contribution in [3.05, 3.63) is 53.6 Å². The van der Waals surface area contributed by atoms with E-state index in [1.54, 1.807) is 4.57 Å². The maximum atomic E-state index is 14.0. The molecule has 1 aromatic carbocycles. The van der Waals surface area contributed by atoms with E-state index in [9.17, 15) is 13.9 Å². The molecule has 1 atom stereocenters. The van der Waals surface area contributed by atoms with E-state index in [0.717, 1.165) is 18.9 Å². The molecular formula is C17H17F2N3O. The first-order valence-corrected chi connectivity index (χ1v) is 7.44. The van der Waals surface area contributed by atoms with E-state index < -0.39 is 17.2 Å². The van der Waals surface area contributed by atoms with Crippen LogP contribution in [0.5, 0.6) is 0 Å². The highest BCUT2D eigenvalue weighted by Gasteiger charge is 2.55. The lowest BCUT2D eigenvalue weighted by molar-refractivity contribution is -0.0409. The molecular weight excluding hydrogens is 300 g/mol. The van der Waals surface area contributed by atoms with Crippen molar-refractivity contribution in [2.75, 3.05) is 0 Å². The molecule has 0 spiro atoms. The van der Waals surface area contributed by atoms with Gasteiger partial charge in [-0.05, 0) is 29.9 Å². The molecule has 1 N–H and O–H groups in total. The molecule has 2 aromatic rings. The van der Waals surface area contributed by atoms with Crippen LogP contribution in [0.2, 0.25) is 0 Å². The molecule has 1 heterocycles. The fourth-order valence-corrected chi connectivity index (χ4v) is 2.93. The monoisotopic (exact) mass is 317 g/mol. The van der Waals surface area contributed by atoms with Crippen molar-refractivity contribution in [2.45, 2.75) is 38.3 Å². The third-order valence-corrected chi connectivity index (χ3v) is 4.90. The highest BCUT2D eigenvalue weighted by atomic mass is 19.2. The second kappa shape index (κ2) is 5.43. The van der Waals surface area contributed by atoms with Crippen LogP contribution in [0, 0.1) is 28.4 Å². The quantitative estimate of drug-likeness (QED) is 0.922. The zero-order valence-corrected chi connectivity index (χ0v) is 12.8. The Balaban J connectivity index is 1.95. The van der Waals surface area contributed by atoms with Gasteiger partial charge in [-0.3, -0.25) is 0 Å². The fraction of sp³-hybridized carbons (Fsp3) is 0.412. The van der Waals surface area contributed by atoms with Gasteiger partial charge in [0.2, 0.25) is 0 Å². The lowest BCUT2D eigenvalue weighted by Gasteiger charge is -2.35. The summed E-state index contributed by atoms with van der Waals surface area (Å²) >= 11 is 0. The molecule has 23 heavy (non-hydrogen) atoms. The van der Waals surface area contributed by atoms with Gasteiger partial charge in [-0.15, -0.1) is 0 Å². The van der Waals surface area contributed by atoms with Crippen LogP contribution in [0.4, 0.5) is 8.78 Å². The summed E-state index contributed by atoms with van der Waals surface area (Å²) in [5.74, 6) is -1.85. The number of hydrogen-bond acceptors (Lipinski definition) is 3. The van der Waals surface area contributed by atoms with E-state index in [0.29, 0.717) is 5.69 Å². The van der Waals surface area contributed by atoms with Crippen molar-refractivity contribution < 1.29 is 13.9 Å². The average molecular weight is 317 g/mol. The van der Waals surface area contributed by atoms with Crippen LogP contribution in [0.25, 0.3) is 0 Å². The second-order valence-corrected chi connectivity index (χ2v) is 6.50. The van der Waals surface area contributed by atoms with Crippen molar-refractivity contribution in [1.82, 2.24) is 9.55 Å². The van der Waals surface area contributed by atoms with Gasteiger partial charge in [0.05, 0.1) is 24.7 Å². The normalized spacial score (nSPS) is 18.2. The third kappa shape index (κ3) is 2.73. The molecule has 0 amide bonds. The van der Waals surface area contributed by atoms with Crippen LogP contribution >= 0.6 is 0 Å². The molecule has 1 saturated carbocycles. The Bertz CT molecular complexity index is 776. The van der Waals surface area contributed by atoms with Gasteiger partial charge in [0, 0.05) is 6.42 Å². The Hall–Kier alpha value is -2.26. The van der Waals surface area contributed by atoms with Crippen molar-refractivity contribution in [1.29, 1.82) is 5.26 Å². The Morgan fingerprint density at radius 1 is 1.43 bits per heavy atom. The summed E-state index contributed by atoms with van der Waals surface area (Å²) in [5, 5.41) is 20.3. The standard InChI is InChI=1S/C17H17F2N3O/c1-16(5-6-16)17(23,10-22-11-21-9-13(22)8-20)7-12-3-2-4-14(18)15(12)19/h2-4,9,11,23H,5-7,10H2,1H3. The molecule has 1 aliphatic rings. The number of rotatable bonds is 5. The molecule has 0 aliphatic heterocycles. The van der Waals surface area contributed by atoms with Gasteiger partial charge in [-0.2, -0.15) is 5.26 Å². The largest absolute Gasteiger partial charge is 0.387 e. The van der Waals surface area contributed by atoms with Crippen LogP contribution in [0.15, 0.2) is 30.7 Å². The smallest absolute Gasteiger partial charge is 0.162 e. The van der Waals surface area contributed by atoms with Gasteiger partial charge in [-0.1, -0.05) is 19.1 Å². The number of hydrogen-bond donors (Lipinski definition) is 1. The molecule has 1 fully saturated rings. The summed E-state index contributed by atoms with van der Waals surface area (Å²) < 4.78 is 29.0. The predicted molar refractivity (Wildman–Crippen MR) is 79.3 cm³/mol. The van der Waals surface area contributed by atoms with Gasteiger partial charge in [0.15, 0.2) is 11.6 Å². The zero-order valence-electron chi connectivity index (χ0n) is 12.8. The molecule has 3 rings (SSSR count). The van der Waals surface area contributed by atoms with E-state index >= 15 is 0 Å². The van der Waals surface area contributed by atoms with E-state index in [1.807, 2.05) is 13.0 Å². The van der Waals surface area contributed by atoms with Crippen molar-refractivity contribution in [3.63, 3.8) is 0 Å². The first kappa shape index (κ1) is 15.6. The number of nitrogens with zero attached hydrogens (tertiary/aromatic N) is 3. The number of benzene rings is 1. The van der Waals surface area contributed by atoms with Gasteiger partial charge in [0.1, 0.15) is 11.8 Å². The first-order chi connectivity index (χ1) is 10.9. The average Bonchev–Trinajstić information content (AvgIpc) is 3.12. The highest BCUT2D eigenvalue weighted by Crippen LogP contribution is 2.55. The van der Waals surface area contributed by atoms with Crippen LogP contribution < -0.4 is 0 Å². The molecule has 0 radical (unpaired) electrons. The number of aliphatic hydroxyl groups is 1. The van der Waals surface area contributed by atoms with Gasteiger partial charge >= 0.3 is 0 Å². The Morgan fingerprint density at radius 2 is 2.17 bits per heavy atom. The minimum absolute atomic E-state index is 0.0177. The summed E-state index contributed by atoms with van der Waals surface area (Å²) in [6.45, 7) is 2.04. The molecule has 0 saturated heterocycles. The molecule has 4 nitrogen and oxygen atoms in total. The van der Waals surface area contributed by atoms with Gasteiger partial charge in [-0.25, -0.2) is 13.8 Å². The molecule has 0 bridgehead atoms. The SMILES string of the molecule is CC1(C(O)(Cc2cccc(F)c2F)Cn2cncc2C#N)CC1. The minimum atomic E-state index is -1.28. The van der Waals surface area contributed by atoms with Gasteiger partial charge in [0.25, 0.3) is 0 Å². The number of aromatic nitrogens is 2. The Labute approximate surface area is 133 Å². The lowest BCUT2D eigenvalue weighted by atomic mass is 9.80.